The van der Waals surface area contributed by atoms with Crippen molar-refractivity contribution in [3.8, 4) is 5.75 Å². The lowest BCUT2D eigenvalue weighted by atomic mass is 10.0. The first-order valence-corrected chi connectivity index (χ1v) is 11.6. The van der Waals surface area contributed by atoms with Crippen molar-refractivity contribution in [1.29, 1.82) is 0 Å². The highest BCUT2D eigenvalue weighted by Crippen LogP contribution is 2.27. The quantitative estimate of drug-likeness (QED) is 0.338. The summed E-state index contributed by atoms with van der Waals surface area (Å²) in [4.78, 5) is 37.6. The van der Waals surface area contributed by atoms with E-state index >= 15 is 0 Å². The van der Waals surface area contributed by atoms with Gasteiger partial charge in [-0.1, -0.05) is 43.7 Å². The predicted molar refractivity (Wildman–Crippen MR) is 130 cm³/mol. The van der Waals surface area contributed by atoms with Crippen LogP contribution in [0, 0.1) is 0 Å². The van der Waals surface area contributed by atoms with Gasteiger partial charge in [-0.3, -0.25) is 9.59 Å². The maximum atomic E-state index is 13.2. The van der Waals surface area contributed by atoms with Crippen LogP contribution in [-0.4, -0.2) is 37.0 Å². The Labute approximate surface area is 198 Å². The monoisotopic (exact) mass is 460 g/mol. The number of hydrogen-bond acceptors (Lipinski definition) is 5. The summed E-state index contributed by atoms with van der Waals surface area (Å²) < 4.78 is 11.0. The van der Waals surface area contributed by atoms with Crippen LogP contribution in [0.1, 0.15) is 53.3 Å². The van der Waals surface area contributed by atoms with Crippen LogP contribution < -0.4 is 15.4 Å². The minimum atomic E-state index is -0.430. The van der Waals surface area contributed by atoms with Gasteiger partial charge >= 0.3 is 5.97 Å². The summed E-state index contributed by atoms with van der Waals surface area (Å²) in [7, 11) is 0. The molecule has 0 heterocycles. The van der Waals surface area contributed by atoms with Crippen LogP contribution in [0.4, 0.5) is 5.69 Å². The lowest BCUT2D eigenvalue weighted by molar-refractivity contribution is -0.123. The van der Waals surface area contributed by atoms with E-state index in [1.807, 2.05) is 31.2 Å². The molecule has 1 aliphatic carbocycles. The Balaban J connectivity index is 1.52. The van der Waals surface area contributed by atoms with Crippen LogP contribution in [0.2, 0.25) is 0 Å². The average Bonchev–Trinajstić information content (AvgIpc) is 3.66. The number of unbranched alkanes of at least 4 members (excludes halogenated alkanes) is 1. The third-order valence-corrected chi connectivity index (χ3v) is 5.48. The first-order valence-electron chi connectivity index (χ1n) is 11.6. The number of hydrogen-bond donors (Lipinski definition) is 2. The summed E-state index contributed by atoms with van der Waals surface area (Å²) in [6.07, 6.45) is 3.70. The largest absolute Gasteiger partial charge is 0.483 e. The topological polar surface area (TPSA) is 93.7 Å². The molecule has 1 fully saturated rings. The van der Waals surface area contributed by atoms with E-state index in [9.17, 15) is 14.4 Å². The van der Waals surface area contributed by atoms with Crippen LogP contribution >= 0.6 is 0 Å². The molecule has 2 amide bonds. The van der Waals surface area contributed by atoms with E-state index in [-0.39, 0.29) is 18.6 Å². The van der Waals surface area contributed by atoms with Crippen molar-refractivity contribution in [2.45, 2.75) is 38.6 Å². The van der Waals surface area contributed by atoms with E-state index in [0.717, 1.165) is 36.5 Å². The summed E-state index contributed by atoms with van der Waals surface area (Å²) in [5.41, 5.74) is 1.12. The Hall–Kier alpha value is -3.87. The van der Waals surface area contributed by atoms with E-state index in [4.69, 9.17) is 9.47 Å². The van der Waals surface area contributed by atoms with Gasteiger partial charge in [-0.2, -0.15) is 0 Å². The molecule has 0 aliphatic heterocycles. The second-order valence-corrected chi connectivity index (χ2v) is 8.35. The number of carbonyl (C=O) groups excluding carboxylic acids is 3. The zero-order valence-electron chi connectivity index (χ0n) is 19.1. The molecule has 0 bridgehead atoms. The summed E-state index contributed by atoms with van der Waals surface area (Å²) >= 11 is 0. The lowest BCUT2D eigenvalue weighted by Gasteiger charge is -2.14. The second-order valence-electron chi connectivity index (χ2n) is 8.35. The number of rotatable bonds is 10. The second kappa shape index (κ2) is 10.8. The van der Waals surface area contributed by atoms with Crippen LogP contribution in [0.3, 0.4) is 0 Å². The molecule has 34 heavy (non-hydrogen) atoms. The fourth-order valence-corrected chi connectivity index (χ4v) is 3.47. The van der Waals surface area contributed by atoms with E-state index in [1.54, 1.807) is 36.4 Å². The van der Waals surface area contributed by atoms with Gasteiger partial charge < -0.3 is 20.1 Å². The van der Waals surface area contributed by atoms with Crippen molar-refractivity contribution in [2.75, 3.05) is 18.5 Å². The Morgan fingerprint density at radius 2 is 1.74 bits per heavy atom. The minimum Gasteiger partial charge on any atom is -0.483 e. The lowest BCUT2D eigenvalue weighted by Crippen LogP contribution is -2.30. The molecule has 1 aliphatic rings. The van der Waals surface area contributed by atoms with E-state index in [1.165, 1.54) is 0 Å². The molecule has 3 aromatic rings. The molecule has 3 aromatic carbocycles. The molecule has 0 unspecified atom stereocenters. The SMILES string of the molecule is CCCCOC(=O)c1cccc(NC(=O)c2cc3ccccc3cc2OCC(=O)NC2CC2)c1. The maximum Gasteiger partial charge on any atom is 0.338 e. The first-order chi connectivity index (χ1) is 16.5. The summed E-state index contributed by atoms with van der Waals surface area (Å²) in [6.45, 7) is 2.21. The molecular formula is C27H28N2O5. The van der Waals surface area contributed by atoms with Gasteiger partial charge in [0.05, 0.1) is 17.7 Å². The molecule has 7 heteroatoms. The van der Waals surface area contributed by atoms with Gasteiger partial charge in [-0.15, -0.1) is 0 Å². The van der Waals surface area contributed by atoms with Gasteiger partial charge in [0.2, 0.25) is 0 Å². The van der Waals surface area contributed by atoms with Crippen molar-refractivity contribution in [2.24, 2.45) is 0 Å². The number of fused-ring (bicyclic) bond motifs is 1. The number of benzene rings is 3. The maximum absolute atomic E-state index is 13.2. The Morgan fingerprint density at radius 1 is 0.971 bits per heavy atom. The predicted octanol–water partition coefficient (Wildman–Crippen LogP) is 4.71. The molecule has 2 N–H and O–H groups in total. The highest BCUT2D eigenvalue weighted by Gasteiger charge is 2.24. The van der Waals surface area contributed by atoms with Gasteiger partial charge in [-0.25, -0.2) is 4.79 Å². The summed E-state index contributed by atoms with van der Waals surface area (Å²) in [6, 6.07) is 18.0. The number of amides is 2. The fourth-order valence-electron chi connectivity index (χ4n) is 3.47. The normalized spacial score (nSPS) is 12.7. The molecule has 0 radical (unpaired) electrons. The van der Waals surface area contributed by atoms with Crippen molar-refractivity contribution in [3.63, 3.8) is 0 Å². The van der Waals surface area contributed by atoms with Gasteiger partial charge in [-0.05, 0) is 60.4 Å². The highest BCUT2D eigenvalue weighted by atomic mass is 16.5. The van der Waals surface area contributed by atoms with Gasteiger partial charge in [0, 0.05) is 11.7 Å². The number of ether oxygens (including phenoxy) is 2. The zero-order valence-corrected chi connectivity index (χ0v) is 19.1. The number of anilines is 1. The minimum absolute atomic E-state index is 0.172. The molecule has 0 atom stereocenters. The third-order valence-electron chi connectivity index (χ3n) is 5.48. The highest BCUT2D eigenvalue weighted by molar-refractivity contribution is 6.09. The van der Waals surface area contributed by atoms with Crippen LogP contribution in [0.15, 0.2) is 60.7 Å². The fraction of sp³-hybridized carbons (Fsp3) is 0.296. The van der Waals surface area contributed by atoms with Gasteiger partial charge in [0.25, 0.3) is 11.8 Å². The summed E-state index contributed by atoms with van der Waals surface area (Å²) in [5.74, 6) is -0.727. The molecule has 7 nitrogen and oxygen atoms in total. The molecule has 0 aromatic heterocycles. The summed E-state index contributed by atoms with van der Waals surface area (Å²) in [5, 5.41) is 7.47. The number of nitrogens with one attached hydrogen (secondary N) is 2. The number of carbonyl (C=O) groups is 3. The molecule has 0 saturated heterocycles. The molecule has 1 saturated carbocycles. The Morgan fingerprint density at radius 3 is 2.47 bits per heavy atom. The Bertz CT molecular complexity index is 1200. The van der Waals surface area contributed by atoms with Crippen LogP contribution in [0.5, 0.6) is 5.75 Å². The van der Waals surface area contributed by atoms with Crippen molar-refractivity contribution < 1.29 is 23.9 Å². The molecule has 176 valence electrons. The van der Waals surface area contributed by atoms with Crippen molar-refractivity contribution >= 4 is 34.2 Å². The van der Waals surface area contributed by atoms with Gasteiger partial charge in [0.15, 0.2) is 6.61 Å². The molecule has 4 rings (SSSR count). The molecular weight excluding hydrogens is 432 g/mol. The Kier molecular flexibility index (Phi) is 7.42. The van der Waals surface area contributed by atoms with E-state index in [0.29, 0.717) is 29.2 Å². The van der Waals surface area contributed by atoms with Crippen LogP contribution in [0.25, 0.3) is 10.8 Å². The van der Waals surface area contributed by atoms with Gasteiger partial charge in [0.1, 0.15) is 5.75 Å². The van der Waals surface area contributed by atoms with E-state index < -0.39 is 11.9 Å². The average molecular weight is 461 g/mol. The third kappa shape index (κ3) is 6.13. The van der Waals surface area contributed by atoms with E-state index in [2.05, 4.69) is 10.6 Å². The smallest absolute Gasteiger partial charge is 0.338 e. The standard InChI is InChI=1S/C27H28N2O5/c1-2-3-13-33-27(32)20-9-6-10-22(14-20)29-26(31)23-15-18-7-4-5-8-19(18)16-24(23)34-17-25(30)28-21-11-12-21/h4-10,14-16,21H,2-3,11-13,17H2,1H3,(H,28,30)(H,29,31). The van der Waals surface area contributed by atoms with Crippen molar-refractivity contribution in [1.82, 2.24) is 5.32 Å². The van der Waals surface area contributed by atoms with Crippen LogP contribution in [-0.2, 0) is 9.53 Å². The van der Waals surface area contributed by atoms with Crippen molar-refractivity contribution in [3.05, 3.63) is 71.8 Å². The first kappa shape index (κ1) is 23.3. The molecule has 0 spiro atoms. The number of esters is 1. The zero-order chi connectivity index (χ0) is 23.9.